The highest BCUT2D eigenvalue weighted by Crippen LogP contribution is 2.36. The zero-order valence-electron chi connectivity index (χ0n) is 14.7. The minimum absolute atomic E-state index is 0.189. The number of anilines is 1. The largest absolute Gasteiger partial charge is 0.397 e. The normalized spacial score (nSPS) is 10.7. The van der Waals surface area contributed by atoms with E-state index in [9.17, 15) is 10.1 Å². The molecule has 0 aliphatic rings. The van der Waals surface area contributed by atoms with E-state index >= 15 is 0 Å². The first-order valence-corrected chi connectivity index (χ1v) is 8.48. The van der Waals surface area contributed by atoms with Gasteiger partial charge in [0, 0.05) is 10.9 Å². The van der Waals surface area contributed by atoms with Crippen LogP contribution in [0.3, 0.4) is 0 Å². The Morgan fingerprint density at radius 1 is 1.04 bits per heavy atom. The smallest absolute Gasteiger partial charge is 0.281 e. The van der Waals surface area contributed by atoms with E-state index in [4.69, 9.17) is 5.73 Å². The van der Waals surface area contributed by atoms with E-state index in [0.29, 0.717) is 22.0 Å². The van der Waals surface area contributed by atoms with Crippen molar-refractivity contribution in [2.75, 3.05) is 5.73 Å². The first-order chi connectivity index (χ1) is 13.1. The molecule has 0 saturated carbocycles. The standard InChI is InChI=1S/C22H16N4O/c1-14-18-13-25-26(16-10-6-3-7-11-16)22(27)20(18)21(24)17(12-23)19(14)15-8-4-2-5-9-15/h2-11,13H,24H2,1H3. The van der Waals surface area contributed by atoms with Gasteiger partial charge in [-0.15, -0.1) is 0 Å². The second kappa shape index (κ2) is 6.43. The number of aromatic nitrogens is 2. The lowest BCUT2D eigenvalue weighted by atomic mass is 9.90. The molecule has 4 rings (SSSR count). The summed E-state index contributed by atoms with van der Waals surface area (Å²) in [7, 11) is 0. The number of para-hydroxylation sites is 1. The Kier molecular flexibility index (Phi) is 3.94. The van der Waals surface area contributed by atoms with Gasteiger partial charge in [-0.3, -0.25) is 4.79 Å². The average Bonchev–Trinajstić information content (AvgIpc) is 2.71. The maximum absolute atomic E-state index is 13.1. The van der Waals surface area contributed by atoms with Crippen molar-refractivity contribution >= 4 is 16.5 Å². The first-order valence-electron chi connectivity index (χ1n) is 8.48. The Labute approximate surface area is 155 Å². The van der Waals surface area contributed by atoms with Gasteiger partial charge in [0.1, 0.15) is 6.07 Å². The molecule has 0 bridgehead atoms. The quantitative estimate of drug-likeness (QED) is 0.556. The molecule has 4 aromatic rings. The van der Waals surface area contributed by atoms with Crippen molar-refractivity contribution < 1.29 is 0 Å². The molecule has 1 heterocycles. The molecule has 0 radical (unpaired) electrons. The predicted molar refractivity (Wildman–Crippen MR) is 107 cm³/mol. The van der Waals surface area contributed by atoms with E-state index in [1.807, 2.05) is 55.5 Å². The van der Waals surface area contributed by atoms with Gasteiger partial charge >= 0.3 is 0 Å². The maximum Gasteiger partial charge on any atom is 0.281 e. The number of rotatable bonds is 2. The number of nitrogens with zero attached hydrogens (tertiary/aromatic N) is 3. The van der Waals surface area contributed by atoms with E-state index in [-0.39, 0.29) is 11.2 Å². The molecule has 5 nitrogen and oxygen atoms in total. The fourth-order valence-corrected chi connectivity index (χ4v) is 3.41. The van der Waals surface area contributed by atoms with Crippen molar-refractivity contribution in [2.45, 2.75) is 6.92 Å². The maximum atomic E-state index is 13.1. The van der Waals surface area contributed by atoms with Gasteiger partial charge in [-0.25, -0.2) is 0 Å². The van der Waals surface area contributed by atoms with Gasteiger partial charge in [-0.2, -0.15) is 15.0 Å². The minimum atomic E-state index is -0.338. The molecule has 130 valence electrons. The Bertz CT molecular complexity index is 1250. The van der Waals surface area contributed by atoms with E-state index in [1.54, 1.807) is 18.3 Å². The average molecular weight is 352 g/mol. The number of hydrogen-bond acceptors (Lipinski definition) is 4. The number of hydrogen-bond donors (Lipinski definition) is 1. The fraction of sp³-hybridized carbons (Fsp3) is 0.0455. The summed E-state index contributed by atoms with van der Waals surface area (Å²) in [6.45, 7) is 1.89. The van der Waals surface area contributed by atoms with E-state index < -0.39 is 0 Å². The first kappa shape index (κ1) is 16.6. The third-order valence-electron chi connectivity index (χ3n) is 4.72. The summed E-state index contributed by atoms with van der Waals surface area (Å²) in [5.74, 6) is 0. The van der Waals surface area contributed by atoms with Crippen molar-refractivity contribution in [3.05, 3.63) is 88.3 Å². The molecule has 3 aromatic carbocycles. The summed E-state index contributed by atoms with van der Waals surface area (Å²) >= 11 is 0. The highest BCUT2D eigenvalue weighted by Gasteiger charge is 2.20. The molecule has 0 saturated heterocycles. The summed E-state index contributed by atoms with van der Waals surface area (Å²) in [4.78, 5) is 13.1. The van der Waals surface area contributed by atoms with Crippen LogP contribution in [-0.4, -0.2) is 9.78 Å². The van der Waals surface area contributed by atoms with Crippen molar-refractivity contribution in [3.8, 4) is 22.9 Å². The van der Waals surface area contributed by atoms with Gasteiger partial charge < -0.3 is 5.73 Å². The summed E-state index contributed by atoms with van der Waals surface area (Å²) in [6.07, 6.45) is 1.64. The van der Waals surface area contributed by atoms with Gasteiger partial charge in [-0.1, -0.05) is 48.5 Å². The van der Waals surface area contributed by atoms with Crippen molar-refractivity contribution in [2.24, 2.45) is 0 Å². The Morgan fingerprint density at radius 2 is 1.67 bits per heavy atom. The van der Waals surface area contributed by atoms with Crippen LogP contribution in [-0.2, 0) is 0 Å². The van der Waals surface area contributed by atoms with E-state index in [0.717, 1.165) is 16.7 Å². The summed E-state index contributed by atoms with van der Waals surface area (Å²) in [6, 6.07) is 20.9. The van der Waals surface area contributed by atoms with Crippen LogP contribution in [0.4, 0.5) is 5.69 Å². The molecule has 5 heteroatoms. The number of fused-ring (bicyclic) bond motifs is 1. The number of benzene rings is 3. The minimum Gasteiger partial charge on any atom is -0.397 e. The zero-order chi connectivity index (χ0) is 19.0. The molecule has 27 heavy (non-hydrogen) atoms. The molecule has 0 amide bonds. The van der Waals surface area contributed by atoms with Gasteiger partial charge in [0.2, 0.25) is 0 Å². The highest BCUT2D eigenvalue weighted by molar-refractivity contribution is 6.02. The van der Waals surface area contributed by atoms with Crippen molar-refractivity contribution in [1.29, 1.82) is 5.26 Å². The lowest BCUT2D eigenvalue weighted by Gasteiger charge is -2.16. The van der Waals surface area contributed by atoms with Crippen LogP contribution in [0.15, 0.2) is 71.7 Å². The van der Waals surface area contributed by atoms with Crippen LogP contribution in [0.1, 0.15) is 11.1 Å². The van der Waals surface area contributed by atoms with Crippen LogP contribution in [0.2, 0.25) is 0 Å². The summed E-state index contributed by atoms with van der Waals surface area (Å²) in [5.41, 5.74) is 9.56. The van der Waals surface area contributed by atoms with Crippen LogP contribution in [0, 0.1) is 18.3 Å². The molecule has 1 aromatic heterocycles. The second-order valence-electron chi connectivity index (χ2n) is 6.25. The Hall–Kier alpha value is -3.91. The second-order valence-corrected chi connectivity index (χ2v) is 6.25. The number of nitrogen functional groups attached to an aromatic ring is 1. The van der Waals surface area contributed by atoms with Crippen molar-refractivity contribution in [3.63, 3.8) is 0 Å². The van der Waals surface area contributed by atoms with E-state index in [1.165, 1.54) is 4.68 Å². The zero-order valence-corrected chi connectivity index (χ0v) is 14.7. The monoisotopic (exact) mass is 352 g/mol. The lowest BCUT2D eigenvalue weighted by molar-refractivity contribution is 0.821. The summed E-state index contributed by atoms with van der Waals surface area (Å²) < 4.78 is 1.31. The van der Waals surface area contributed by atoms with Crippen LogP contribution >= 0.6 is 0 Å². The topological polar surface area (TPSA) is 84.7 Å². The third-order valence-corrected chi connectivity index (χ3v) is 4.72. The van der Waals surface area contributed by atoms with E-state index in [2.05, 4.69) is 11.2 Å². The molecular formula is C22H16N4O. The predicted octanol–water partition coefficient (Wildman–Crippen LogP) is 3.82. The van der Waals surface area contributed by atoms with Crippen molar-refractivity contribution in [1.82, 2.24) is 9.78 Å². The molecule has 0 atom stereocenters. The molecule has 0 aliphatic carbocycles. The number of nitriles is 1. The number of nitrogens with two attached hydrogens (primary N) is 1. The van der Waals surface area contributed by atoms with Gasteiger partial charge in [0.25, 0.3) is 5.56 Å². The van der Waals surface area contributed by atoms with Crippen LogP contribution < -0.4 is 11.3 Å². The highest BCUT2D eigenvalue weighted by atomic mass is 16.1. The molecule has 0 aliphatic heterocycles. The molecule has 0 spiro atoms. The molecule has 0 unspecified atom stereocenters. The number of aryl methyl sites for hydroxylation is 1. The Balaban J connectivity index is 2.12. The van der Waals surface area contributed by atoms with Gasteiger partial charge in [0.05, 0.1) is 28.5 Å². The molecular weight excluding hydrogens is 336 g/mol. The SMILES string of the molecule is Cc1c(-c2ccccc2)c(C#N)c(N)c2c(=O)n(-c3ccccc3)ncc12. The summed E-state index contributed by atoms with van der Waals surface area (Å²) in [5, 5.41) is 15.1. The fourth-order valence-electron chi connectivity index (χ4n) is 3.41. The molecule has 0 fully saturated rings. The Morgan fingerprint density at radius 3 is 2.30 bits per heavy atom. The van der Waals surface area contributed by atoms with Gasteiger partial charge in [-0.05, 0) is 30.2 Å². The third kappa shape index (κ3) is 2.55. The van der Waals surface area contributed by atoms with Gasteiger partial charge in [0.15, 0.2) is 0 Å². The lowest BCUT2D eigenvalue weighted by Crippen LogP contribution is -2.22. The molecule has 2 N–H and O–H groups in total. The van der Waals surface area contributed by atoms with Crippen LogP contribution in [0.25, 0.3) is 27.6 Å². The van der Waals surface area contributed by atoms with Crippen LogP contribution in [0.5, 0.6) is 0 Å².